The molecule has 232 valence electrons. The number of hydrogen-bond donors (Lipinski definition) is 2. The number of halogens is 2. The van der Waals surface area contributed by atoms with Crippen LogP contribution in [0.15, 0.2) is 24.3 Å². The van der Waals surface area contributed by atoms with Crippen molar-refractivity contribution >= 4 is 51.7 Å². The van der Waals surface area contributed by atoms with Crippen molar-refractivity contribution < 1.29 is 9.59 Å². The molecule has 0 radical (unpaired) electrons. The second-order valence-corrected chi connectivity index (χ2v) is 14.6. The topological polar surface area (TPSA) is 79.3 Å². The zero-order valence-corrected chi connectivity index (χ0v) is 27.8. The Labute approximate surface area is 265 Å². The first-order chi connectivity index (χ1) is 20.3. The van der Waals surface area contributed by atoms with Gasteiger partial charge in [-0.15, -0.1) is 0 Å². The first-order valence-electron chi connectivity index (χ1n) is 15.6. The van der Waals surface area contributed by atoms with Crippen LogP contribution >= 0.6 is 23.2 Å². The Balaban J connectivity index is 1.46. The predicted octanol–water partition coefficient (Wildman–Crippen LogP) is 7.29. The van der Waals surface area contributed by atoms with E-state index in [2.05, 4.69) is 40.0 Å². The van der Waals surface area contributed by atoms with E-state index in [0.717, 1.165) is 84.8 Å². The van der Waals surface area contributed by atoms with Crippen LogP contribution in [0.5, 0.6) is 0 Å². The van der Waals surface area contributed by atoms with Crippen molar-refractivity contribution in [3.05, 3.63) is 56.8 Å². The van der Waals surface area contributed by atoms with E-state index in [4.69, 9.17) is 28.2 Å². The van der Waals surface area contributed by atoms with E-state index in [1.807, 2.05) is 46.0 Å². The third-order valence-electron chi connectivity index (χ3n) is 9.17. The Morgan fingerprint density at radius 2 is 1.74 bits per heavy atom. The Hall–Kier alpha value is -2.77. The number of anilines is 1. The molecule has 9 heteroatoms. The summed E-state index contributed by atoms with van der Waals surface area (Å²) < 4.78 is 2.07. The molecule has 5 rings (SSSR count). The maximum absolute atomic E-state index is 13.7. The molecular formula is C34H45Cl2N5O2. The van der Waals surface area contributed by atoms with Crippen LogP contribution in [0.4, 0.5) is 5.69 Å². The van der Waals surface area contributed by atoms with Crippen molar-refractivity contribution in [3.8, 4) is 0 Å². The molecule has 1 unspecified atom stereocenters. The molecule has 2 heterocycles. The number of carbonyl (C=O) groups excluding carboxylic acids is 2. The number of aromatic nitrogens is 2. The van der Waals surface area contributed by atoms with E-state index < -0.39 is 5.41 Å². The largest absolute Gasteiger partial charge is 0.371 e. The summed E-state index contributed by atoms with van der Waals surface area (Å²) in [5.41, 5.74) is 4.48. The number of carbonyl (C=O) groups is 2. The fraction of sp³-hybridized carbons (Fsp3) is 0.559. The van der Waals surface area contributed by atoms with Crippen molar-refractivity contribution in [2.24, 2.45) is 24.3 Å². The van der Waals surface area contributed by atoms with Gasteiger partial charge >= 0.3 is 0 Å². The summed E-state index contributed by atoms with van der Waals surface area (Å²) in [5, 5.41) is 7.40. The fourth-order valence-electron chi connectivity index (χ4n) is 6.24. The molecule has 1 atom stereocenters. The van der Waals surface area contributed by atoms with Crippen LogP contribution in [-0.4, -0.2) is 40.5 Å². The summed E-state index contributed by atoms with van der Waals surface area (Å²) in [5.74, 6) is 2.05. The highest BCUT2D eigenvalue weighted by Gasteiger charge is 2.28. The molecule has 2 aliphatic rings. The van der Waals surface area contributed by atoms with Crippen LogP contribution < -0.4 is 15.5 Å². The average molecular weight is 627 g/mol. The number of imidazole rings is 1. The number of hydrogen-bond acceptors (Lipinski definition) is 4. The number of amides is 2. The Kier molecular flexibility index (Phi) is 9.34. The molecule has 1 aromatic heterocycles. The number of rotatable bonds is 7. The van der Waals surface area contributed by atoms with Crippen molar-refractivity contribution in [3.63, 3.8) is 0 Å². The second-order valence-electron chi connectivity index (χ2n) is 13.8. The molecule has 1 aliphatic heterocycles. The lowest BCUT2D eigenvalue weighted by atomic mass is 9.87. The summed E-state index contributed by atoms with van der Waals surface area (Å²) in [6.07, 6.45) is 5.89. The molecule has 2 amide bonds. The van der Waals surface area contributed by atoms with E-state index in [1.54, 1.807) is 0 Å². The summed E-state index contributed by atoms with van der Waals surface area (Å²) in [6, 6.07) is 7.98. The number of nitrogens with zero attached hydrogens (tertiary/aromatic N) is 3. The summed E-state index contributed by atoms with van der Waals surface area (Å²) >= 11 is 13.5. The molecule has 2 N–H and O–H groups in total. The average Bonchev–Trinajstić information content (AvgIpc) is 3.52. The quantitative estimate of drug-likeness (QED) is 0.289. The van der Waals surface area contributed by atoms with E-state index >= 15 is 0 Å². The van der Waals surface area contributed by atoms with Gasteiger partial charge in [0.05, 0.1) is 27.3 Å². The molecular weight excluding hydrogens is 581 g/mol. The van der Waals surface area contributed by atoms with E-state index in [-0.39, 0.29) is 17.9 Å². The van der Waals surface area contributed by atoms with Crippen molar-refractivity contribution in [2.45, 2.75) is 85.7 Å². The van der Waals surface area contributed by atoms with E-state index in [9.17, 15) is 9.59 Å². The van der Waals surface area contributed by atoms with Gasteiger partial charge in [-0.25, -0.2) is 4.98 Å². The molecule has 3 aromatic rings. The molecule has 1 saturated carbocycles. The van der Waals surface area contributed by atoms with E-state index in [0.29, 0.717) is 34.5 Å². The highest BCUT2D eigenvalue weighted by Crippen LogP contribution is 2.35. The molecule has 2 fully saturated rings. The highest BCUT2D eigenvalue weighted by molar-refractivity contribution is 6.36. The van der Waals surface area contributed by atoms with Gasteiger partial charge in [-0.2, -0.15) is 0 Å². The molecule has 7 nitrogen and oxygen atoms in total. The molecule has 0 bridgehead atoms. The van der Waals surface area contributed by atoms with Crippen LogP contribution in [-0.2, 0) is 24.8 Å². The minimum atomic E-state index is -0.495. The van der Waals surface area contributed by atoms with Crippen LogP contribution in [0.1, 0.15) is 94.0 Å². The van der Waals surface area contributed by atoms with Crippen molar-refractivity contribution in [1.29, 1.82) is 0 Å². The maximum Gasteiger partial charge on any atom is 0.253 e. The molecule has 2 aromatic carbocycles. The normalized spacial score (nSPS) is 20.9. The zero-order chi connectivity index (χ0) is 31.1. The number of nitrogens with one attached hydrogen (secondary N) is 2. The standard InChI is InChI=1S/C34H45Cl2N5O2/c1-20-7-10-23(11-8-20)38-32(42)25-15-27-29(17-28(25)41-14-13-21(2)19-41)40(6)30(39-27)16-24-26(35)12-9-22(31(24)36)18-37-33(43)34(3,4)5/h9,12,15,17,20-21,23H,7-8,10-11,13-14,16,18-19H2,1-6H3,(H,37,43)(H,38,42). The second kappa shape index (κ2) is 12.7. The Bertz CT molecular complexity index is 1520. The summed E-state index contributed by atoms with van der Waals surface area (Å²) in [4.78, 5) is 33.5. The monoisotopic (exact) mass is 625 g/mol. The summed E-state index contributed by atoms with van der Waals surface area (Å²) in [7, 11) is 2.00. The minimum Gasteiger partial charge on any atom is -0.371 e. The molecule has 43 heavy (non-hydrogen) atoms. The fourth-order valence-corrected chi connectivity index (χ4v) is 6.81. The smallest absolute Gasteiger partial charge is 0.253 e. The van der Waals surface area contributed by atoms with Crippen molar-refractivity contribution in [2.75, 3.05) is 18.0 Å². The Morgan fingerprint density at radius 3 is 2.40 bits per heavy atom. The number of fused-ring (bicyclic) bond motifs is 1. The van der Waals surface area contributed by atoms with Gasteiger partial charge < -0.3 is 20.1 Å². The van der Waals surface area contributed by atoms with Gasteiger partial charge in [0.15, 0.2) is 0 Å². The zero-order valence-electron chi connectivity index (χ0n) is 26.3. The highest BCUT2D eigenvalue weighted by atomic mass is 35.5. The van der Waals surface area contributed by atoms with Gasteiger partial charge in [-0.3, -0.25) is 9.59 Å². The number of benzene rings is 2. The van der Waals surface area contributed by atoms with Gasteiger partial charge in [0, 0.05) is 49.6 Å². The molecule has 1 aliphatic carbocycles. The number of aryl methyl sites for hydroxylation is 1. The lowest BCUT2D eigenvalue weighted by Gasteiger charge is -2.28. The molecule has 1 saturated heterocycles. The van der Waals surface area contributed by atoms with Crippen LogP contribution in [0.2, 0.25) is 10.0 Å². The van der Waals surface area contributed by atoms with Gasteiger partial charge in [0.25, 0.3) is 5.91 Å². The first kappa shape index (κ1) is 31.6. The van der Waals surface area contributed by atoms with Crippen LogP contribution in [0.3, 0.4) is 0 Å². The lowest BCUT2D eigenvalue weighted by molar-refractivity contribution is -0.128. The Morgan fingerprint density at radius 1 is 1.02 bits per heavy atom. The van der Waals surface area contributed by atoms with Gasteiger partial charge in [-0.1, -0.05) is 63.9 Å². The van der Waals surface area contributed by atoms with Gasteiger partial charge in [0.2, 0.25) is 5.91 Å². The maximum atomic E-state index is 13.7. The van der Waals surface area contributed by atoms with Gasteiger partial charge in [0.1, 0.15) is 5.82 Å². The third-order valence-corrected chi connectivity index (χ3v) is 10.00. The van der Waals surface area contributed by atoms with Crippen LogP contribution in [0, 0.1) is 17.3 Å². The summed E-state index contributed by atoms with van der Waals surface area (Å²) in [6.45, 7) is 12.4. The SMILES string of the molecule is CC1CCC(NC(=O)c2cc3nc(Cc4c(Cl)ccc(CNC(=O)C(C)(C)C)c4Cl)n(C)c3cc2N2CCC(C)C2)CC1. The van der Waals surface area contributed by atoms with Gasteiger partial charge in [-0.05, 0) is 73.3 Å². The lowest BCUT2D eigenvalue weighted by Crippen LogP contribution is -2.38. The van der Waals surface area contributed by atoms with Crippen molar-refractivity contribution in [1.82, 2.24) is 20.2 Å². The predicted molar refractivity (Wildman–Crippen MR) is 176 cm³/mol. The molecule has 0 spiro atoms. The van der Waals surface area contributed by atoms with Crippen LogP contribution in [0.25, 0.3) is 11.0 Å². The third kappa shape index (κ3) is 6.99. The van der Waals surface area contributed by atoms with E-state index in [1.165, 1.54) is 0 Å². The minimum absolute atomic E-state index is 0.0145. The first-order valence-corrected chi connectivity index (χ1v) is 16.4.